The van der Waals surface area contributed by atoms with E-state index in [0.29, 0.717) is 21.9 Å². The van der Waals surface area contributed by atoms with E-state index in [1.165, 1.54) is 34.8 Å². The molecule has 2 aromatic heterocycles. The van der Waals surface area contributed by atoms with E-state index >= 15 is 0 Å². The first-order chi connectivity index (χ1) is 16.1. The van der Waals surface area contributed by atoms with Crippen molar-refractivity contribution in [3.8, 4) is 0 Å². The Morgan fingerprint density at radius 2 is 1.91 bits per heavy atom. The van der Waals surface area contributed by atoms with Gasteiger partial charge in [0.25, 0.3) is 0 Å². The third kappa shape index (κ3) is 5.34. The van der Waals surface area contributed by atoms with Crippen LogP contribution >= 0.6 is 22.7 Å². The Balaban J connectivity index is 1.53. The van der Waals surface area contributed by atoms with E-state index in [4.69, 9.17) is 0 Å². The van der Waals surface area contributed by atoms with Crippen molar-refractivity contribution in [3.63, 3.8) is 0 Å². The van der Waals surface area contributed by atoms with Crippen LogP contribution in [0, 0.1) is 5.92 Å². The van der Waals surface area contributed by atoms with Crippen molar-refractivity contribution in [1.29, 1.82) is 0 Å². The molecule has 1 amide bonds. The van der Waals surface area contributed by atoms with E-state index in [2.05, 4.69) is 15.3 Å². The molecule has 176 valence electrons. The third-order valence-electron chi connectivity index (χ3n) is 5.29. The fourth-order valence-corrected chi connectivity index (χ4v) is 5.18. The minimum Gasteiger partial charge on any atom is -0.301 e. The maximum absolute atomic E-state index is 13.2. The van der Waals surface area contributed by atoms with Gasteiger partial charge in [0.15, 0.2) is 10.9 Å². The average molecular weight is 504 g/mol. The van der Waals surface area contributed by atoms with Crippen molar-refractivity contribution in [2.24, 2.45) is 5.92 Å². The molecule has 4 rings (SSSR count). The molecule has 0 bridgehead atoms. The molecule has 0 fully saturated rings. The van der Waals surface area contributed by atoms with Gasteiger partial charge in [-0.25, -0.2) is 9.97 Å². The van der Waals surface area contributed by atoms with Gasteiger partial charge in [-0.2, -0.15) is 13.2 Å². The summed E-state index contributed by atoms with van der Waals surface area (Å²) in [5.41, 5.74) is 3.01. The Morgan fingerprint density at radius 3 is 2.59 bits per heavy atom. The molecule has 0 aliphatic rings. The van der Waals surface area contributed by atoms with Crippen LogP contribution in [0.3, 0.4) is 0 Å². The van der Waals surface area contributed by atoms with E-state index in [9.17, 15) is 22.8 Å². The summed E-state index contributed by atoms with van der Waals surface area (Å²) in [6.07, 6.45) is -4.29. The molecule has 4 aromatic rings. The number of nitrogens with zero attached hydrogens (tertiary/aromatic N) is 2. The fourth-order valence-electron chi connectivity index (χ4n) is 3.69. The summed E-state index contributed by atoms with van der Waals surface area (Å²) >= 11 is 2.61. The summed E-state index contributed by atoms with van der Waals surface area (Å²) in [4.78, 5) is 33.8. The van der Waals surface area contributed by atoms with Crippen molar-refractivity contribution in [1.82, 2.24) is 9.97 Å². The van der Waals surface area contributed by atoms with Crippen LogP contribution in [0.1, 0.15) is 46.9 Å². The number of hydrogen-bond acceptors (Lipinski definition) is 6. The molecule has 0 saturated carbocycles. The van der Waals surface area contributed by atoms with E-state index in [0.717, 1.165) is 22.4 Å². The maximum atomic E-state index is 13.2. The first kappa shape index (κ1) is 24.0. The van der Waals surface area contributed by atoms with Crippen LogP contribution in [0.25, 0.3) is 10.2 Å². The predicted octanol–water partition coefficient (Wildman–Crippen LogP) is 6.58. The highest BCUT2D eigenvalue weighted by Crippen LogP contribution is 2.34. The number of benzene rings is 2. The lowest BCUT2D eigenvalue weighted by Gasteiger charge is -2.21. The second-order valence-electron chi connectivity index (χ2n) is 8.13. The molecule has 2 heterocycles. The normalized spacial score (nSPS) is 12.8. The molecule has 1 N–H and O–H groups in total. The molecule has 5 nitrogen and oxygen atoms in total. The quantitative estimate of drug-likeness (QED) is 0.289. The van der Waals surface area contributed by atoms with Gasteiger partial charge in [0, 0.05) is 11.8 Å². The van der Waals surface area contributed by atoms with Crippen molar-refractivity contribution in [3.05, 3.63) is 75.7 Å². The van der Waals surface area contributed by atoms with Crippen molar-refractivity contribution in [2.45, 2.75) is 32.4 Å². The van der Waals surface area contributed by atoms with Gasteiger partial charge in [-0.3, -0.25) is 9.59 Å². The zero-order chi connectivity index (χ0) is 24.5. The Labute approximate surface area is 201 Å². The van der Waals surface area contributed by atoms with E-state index in [-0.39, 0.29) is 18.1 Å². The zero-order valence-corrected chi connectivity index (χ0v) is 19.9. The molecule has 0 radical (unpaired) electrons. The average Bonchev–Trinajstić information content (AvgIpc) is 3.42. The maximum Gasteiger partial charge on any atom is 0.416 e. The van der Waals surface area contributed by atoms with Gasteiger partial charge in [-0.05, 0) is 35.2 Å². The van der Waals surface area contributed by atoms with Crippen molar-refractivity contribution in [2.75, 3.05) is 5.32 Å². The largest absolute Gasteiger partial charge is 0.416 e. The highest BCUT2D eigenvalue weighted by molar-refractivity contribution is 7.22. The summed E-state index contributed by atoms with van der Waals surface area (Å²) in [5, 5.41) is 4.82. The van der Waals surface area contributed by atoms with E-state index < -0.39 is 23.6 Å². The van der Waals surface area contributed by atoms with Crippen LogP contribution in [0.2, 0.25) is 0 Å². The number of carbonyl (C=O) groups is 2. The highest BCUT2D eigenvalue weighted by atomic mass is 32.1. The molecule has 34 heavy (non-hydrogen) atoms. The number of rotatable bonds is 7. The van der Waals surface area contributed by atoms with Crippen LogP contribution < -0.4 is 5.32 Å². The van der Waals surface area contributed by atoms with Gasteiger partial charge >= 0.3 is 6.18 Å². The number of halogens is 3. The molecule has 0 spiro atoms. The first-order valence-electron chi connectivity index (χ1n) is 10.4. The molecular weight excluding hydrogens is 483 g/mol. The van der Waals surface area contributed by atoms with Crippen LogP contribution in [0.4, 0.5) is 18.3 Å². The topological polar surface area (TPSA) is 72.0 Å². The second kappa shape index (κ2) is 9.63. The van der Waals surface area contributed by atoms with Gasteiger partial charge in [-0.1, -0.05) is 49.4 Å². The van der Waals surface area contributed by atoms with Crippen molar-refractivity contribution < 1.29 is 22.8 Å². The van der Waals surface area contributed by atoms with Gasteiger partial charge in [0.2, 0.25) is 5.91 Å². The molecule has 0 aliphatic heterocycles. The van der Waals surface area contributed by atoms with Crippen LogP contribution in [0.5, 0.6) is 0 Å². The Hall–Kier alpha value is -3.11. The summed E-state index contributed by atoms with van der Waals surface area (Å²) in [7, 11) is 0. The molecule has 1 atom stereocenters. The Morgan fingerprint density at radius 1 is 1.12 bits per heavy atom. The minimum absolute atomic E-state index is 0.0838. The fraction of sp³-hybridized carbons (Fsp3) is 0.250. The SMILES string of the molecule is CC(C)C(C(=O)Nc1nc2ccc(CC(=O)c3cscn3)cc2s1)c1cccc(C(F)(F)F)c1. The number of carbonyl (C=O) groups excluding carboxylic acids is 2. The van der Waals surface area contributed by atoms with Gasteiger partial charge < -0.3 is 5.32 Å². The molecule has 10 heteroatoms. The number of fused-ring (bicyclic) bond motifs is 1. The lowest BCUT2D eigenvalue weighted by Crippen LogP contribution is -2.25. The lowest BCUT2D eigenvalue weighted by atomic mass is 9.87. The summed E-state index contributed by atoms with van der Waals surface area (Å²) in [6, 6.07) is 10.3. The standard InChI is InChI=1S/C24H20F3N3O2S2/c1-13(2)21(15-4-3-5-16(10-15)24(25,26)27)22(32)30-23-29-17-7-6-14(9-20(17)34-23)8-19(31)18-11-33-12-28-18/h3-7,9-13,21H,8H2,1-2H3,(H,29,30,32). The summed E-state index contributed by atoms with van der Waals surface area (Å²) in [5.74, 6) is -1.52. The van der Waals surface area contributed by atoms with Gasteiger partial charge in [0.05, 0.1) is 27.2 Å². The molecule has 0 saturated heterocycles. The molecule has 1 unspecified atom stereocenters. The molecule has 0 aliphatic carbocycles. The van der Waals surface area contributed by atoms with Crippen LogP contribution in [-0.2, 0) is 17.4 Å². The summed E-state index contributed by atoms with van der Waals surface area (Å²) in [6.45, 7) is 3.57. The number of thiazole rings is 2. The third-order valence-corrected chi connectivity index (χ3v) is 6.81. The number of alkyl halides is 3. The first-order valence-corrected chi connectivity index (χ1v) is 12.2. The predicted molar refractivity (Wildman–Crippen MR) is 127 cm³/mol. The number of amides is 1. The number of nitrogens with one attached hydrogen (secondary N) is 1. The minimum atomic E-state index is -4.49. The number of Topliss-reactive ketones (excluding diaryl/α,β-unsaturated/α-hetero) is 1. The van der Waals surface area contributed by atoms with Crippen molar-refractivity contribution >= 4 is 49.7 Å². The monoisotopic (exact) mass is 503 g/mol. The number of aromatic nitrogens is 2. The zero-order valence-electron chi connectivity index (χ0n) is 18.2. The Kier molecular flexibility index (Phi) is 6.81. The van der Waals surface area contributed by atoms with E-state index in [1.54, 1.807) is 36.9 Å². The second-order valence-corrected chi connectivity index (χ2v) is 9.88. The molecule has 2 aromatic carbocycles. The molecular formula is C24H20F3N3O2S2. The van der Waals surface area contributed by atoms with Crippen LogP contribution in [0.15, 0.2) is 53.4 Å². The highest BCUT2D eigenvalue weighted by Gasteiger charge is 2.32. The lowest BCUT2D eigenvalue weighted by molar-refractivity contribution is -0.137. The summed E-state index contributed by atoms with van der Waals surface area (Å²) < 4.78 is 40.3. The number of anilines is 1. The van der Waals surface area contributed by atoms with Gasteiger partial charge in [0.1, 0.15) is 5.69 Å². The number of hydrogen-bond donors (Lipinski definition) is 1. The van der Waals surface area contributed by atoms with E-state index in [1.807, 2.05) is 6.07 Å². The Bertz CT molecular complexity index is 1330. The smallest absolute Gasteiger partial charge is 0.301 e. The number of ketones is 1. The van der Waals surface area contributed by atoms with Gasteiger partial charge in [-0.15, -0.1) is 11.3 Å². The van der Waals surface area contributed by atoms with Crippen LogP contribution in [-0.4, -0.2) is 21.7 Å².